The van der Waals surface area contributed by atoms with E-state index in [-0.39, 0.29) is 0 Å². The van der Waals surface area contributed by atoms with Crippen molar-refractivity contribution in [2.75, 3.05) is 5.73 Å². The van der Waals surface area contributed by atoms with Crippen molar-refractivity contribution in [1.82, 2.24) is 4.98 Å². The van der Waals surface area contributed by atoms with Crippen LogP contribution < -0.4 is 5.73 Å². The van der Waals surface area contributed by atoms with Gasteiger partial charge in [0.2, 0.25) is 0 Å². The van der Waals surface area contributed by atoms with Gasteiger partial charge in [0.1, 0.15) is 13.8 Å². The van der Waals surface area contributed by atoms with E-state index < -0.39 is 8.07 Å². The topological polar surface area (TPSA) is 38.9 Å². The maximum Gasteiger partial charge on any atom is 0.129 e. The first-order valence-corrected chi connectivity index (χ1v) is 7.72. The molecule has 0 aliphatic heterocycles. The van der Waals surface area contributed by atoms with Crippen molar-refractivity contribution >= 4 is 13.8 Å². The summed E-state index contributed by atoms with van der Waals surface area (Å²) >= 11 is 0. The van der Waals surface area contributed by atoms with Crippen molar-refractivity contribution in [2.24, 2.45) is 0 Å². The number of pyridine rings is 1. The first-order chi connectivity index (χ1) is 5.97. The standard InChI is InChI=1S/C10H14N2Si/c1-13(2,3)7-5-10-8-9(11)4-6-12-10/h4,6,8H,1-3H3,(H2,11,12). The third-order valence-electron chi connectivity index (χ3n) is 1.35. The molecule has 0 saturated heterocycles. The molecule has 0 spiro atoms. The Bertz CT molecular complexity index is 355. The van der Waals surface area contributed by atoms with Crippen LogP contribution in [0, 0.1) is 11.5 Å². The number of rotatable bonds is 0. The summed E-state index contributed by atoms with van der Waals surface area (Å²) in [6.07, 6.45) is 1.68. The lowest BCUT2D eigenvalue weighted by Gasteiger charge is -2.03. The third kappa shape index (κ3) is 3.77. The molecular weight excluding hydrogens is 176 g/mol. The van der Waals surface area contributed by atoms with Gasteiger partial charge >= 0.3 is 0 Å². The molecule has 0 aromatic carbocycles. The van der Waals surface area contributed by atoms with E-state index >= 15 is 0 Å². The average molecular weight is 190 g/mol. The summed E-state index contributed by atoms with van der Waals surface area (Å²) in [5, 5.41) is 0. The minimum atomic E-state index is -1.30. The second-order valence-corrected chi connectivity index (χ2v) is 8.72. The van der Waals surface area contributed by atoms with E-state index in [1.165, 1.54) is 0 Å². The SMILES string of the molecule is C[Si](C)(C)C#Cc1cc(N)ccn1. The third-order valence-corrected chi connectivity index (χ3v) is 2.22. The zero-order valence-electron chi connectivity index (χ0n) is 8.26. The molecule has 0 radical (unpaired) electrons. The summed E-state index contributed by atoms with van der Waals surface area (Å²) in [5.74, 6) is 3.05. The van der Waals surface area contributed by atoms with Crippen LogP contribution in [-0.4, -0.2) is 13.1 Å². The Labute approximate surface area is 80.2 Å². The van der Waals surface area contributed by atoms with Gasteiger partial charge in [0.25, 0.3) is 0 Å². The van der Waals surface area contributed by atoms with Gasteiger partial charge in [-0.1, -0.05) is 25.6 Å². The Balaban J connectivity index is 2.90. The summed E-state index contributed by atoms with van der Waals surface area (Å²) in [4.78, 5) is 4.11. The highest BCUT2D eigenvalue weighted by atomic mass is 28.3. The van der Waals surface area contributed by atoms with Crippen LogP contribution in [0.3, 0.4) is 0 Å². The van der Waals surface area contributed by atoms with E-state index in [9.17, 15) is 0 Å². The molecule has 0 aliphatic rings. The van der Waals surface area contributed by atoms with E-state index in [1.54, 1.807) is 18.3 Å². The van der Waals surface area contributed by atoms with Crippen LogP contribution in [0.25, 0.3) is 0 Å². The molecule has 13 heavy (non-hydrogen) atoms. The highest BCUT2D eigenvalue weighted by molar-refractivity contribution is 6.83. The molecule has 2 N–H and O–H groups in total. The molecule has 68 valence electrons. The lowest BCUT2D eigenvalue weighted by atomic mass is 10.3. The summed E-state index contributed by atoms with van der Waals surface area (Å²) in [6.45, 7) is 6.60. The van der Waals surface area contributed by atoms with E-state index in [0.717, 1.165) is 11.4 Å². The maximum absolute atomic E-state index is 5.60. The van der Waals surface area contributed by atoms with E-state index in [1.807, 2.05) is 0 Å². The molecule has 0 unspecified atom stereocenters. The Morgan fingerprint density at radius 1 is 1.38 bits per heavy atom. The highest BCUT2D eigenvalue weighted by Gasteiger charge is 2.07. The zero-order valence-corrected chi connectivity index (χ0v) is 9.26. The fourth-order valence-corrected chi connectivity index (χ4v) is 1.27. The van der Waals surface area contributed by atoms with Gasteiger partial charge in [0.15, 0.2) is 0 Å². The lowest BCUT2D eigenvalue weighted by molar-refractivity contribution is 1.29. The first kappa shape index (κ1) is 9.81. The largest absolute Gasteiger partial charge is 0.399 e. The van der Waals surface area contributed by atoms with Crippen LogP contribution >= 0.6 is 0 Å². The number of hydrogen-bond acceptors (Lipinski definition) is 2. The molecule has 0 fully saturated rings. The van der Waals surface area contributed by atoms with Gasteiger partial charge in [-0.2, -0.15) is 0 Å². The molecule has 2 nitrogen and oxygen atoms in total. The van der Waals surface area contributed by atoms with Crippen LogP contribution in [0.2, 0.25) is 19.6 Å². The van der Waals surface area contributed by atoms with E-state index in [2.05, 4.69) is 36.1 Å². The molecule has 0 saturated carbocycles. The fourth-order valence-electron chi connectivity index (χ4n) is 0.767. The molecule has 1 rings (SSSR count). The van der Waals surface area contributed by atoms with Crippen molar-refractivity contribution in [3.63, 3.8) is 0 Å². The predicted molar refractivity (Wildman–Crippen MR) is 58.9 cm³/mol. The predicted octanol–water partition coefficient (Wildman–Crippen LogP) is 1.89. The van der Waals surface area contributed by atoms with Gasteiger partial charge in [-0.3, -0.25) is 0 Å². The minimum absolute atomic E-state index is 0.717. The van der Waals surface area contributed by atoms with Crippen molar-refractivity contribution in [3.8, 4) is 11.5 Å². The molecule has 1 aromatic heterocycles. The molecule has 0 amide bonds. The van der Waals surface area contributed by atoms with Crippen LogP contribution in [0.4, 0.5) is 5.69 Å². The van der Waals surface area contributed by atoms with Gasteiger partial charge in [-0.25, -0.2) is 4.98 Å². The molecule has 1 heterocycles. The summed E-state index contributed by atoms with van der Waals surface area (Å²) in [7, 11) is -1.30. The number of nitrogen functional groups attached to an aromatic ring is 1. The normalized spacial score (nSPS) is 10.4. The van der Waals surface area contributed by atoms with Crippen LogP contribution in [0.15, 0.2) is 18.3 Å². The fraction of sp³-hybridized carbons (Fsp3) is 0.300. The second kappa shape index (κ2) is 3.63. The number of aromatic nitrogens is 1. The zero-order chi connectivity index (χ0) is 9.90. The van der Waals surface area contributed by atoms with Crippen LogP contribution in [-0.2, 0) is 0 Å². The first-order valence-electron chi connectivity index (χ1n) is 4.22. The van der Waals surface area contributed by atoms with Gasteiger partial charge in [-0.05, 0) is 12.1 Å². The molecule has 0 bridgehead atoms. The van der Waals surface area contributed by atoms with Gasteiger partial charge < -0.3 is 5.73 Å². The molecular formula is C10H14N2Si. The minimum Gasteiger partial charge on any atom is -0.399 e. The second-order valence-electron chi connectivity index (χ2n) is 3.97. The number of nitrogens with zero attached hydrogens (tertiary/aromatic N) is 1. The average Bonchev–Trinajstić information content (AvgIpc) is 2.00. The van der Waals surface area contributed by atoms with E-state index in [4.69, 9.17) is 5.73 Å². The molecule has 1 aromatic rings. The summed E-state index contributed by atoms with van der Waals surface area (Å²) in [6, 6.07) is 3.56. The number of hydrogen-bond donors (Lipinski definition) is 1. The Kier molecular flexibility index (Phi) is 2.74. The van der Waals surface area contributed by atoms with Gasteiger partial charge in [0, 0.05) is 11.9 Å². The number of anilines is 1. The van der Waals surface area contributed by atoms with Crippen molar-refractivity contribution in [3.05, 3.63) is 24.0 Å². The smallest absolute Gasteiger partial charge is 0.129 e. The van der Waals surface area contributed by atoms with Crippen molar-refractivity contribution in [1.29, 1.82) is 0 Å². The summed E-state index contributed by atoms with van der Waals surface area (Å²) in [5.41, 5.74) is 10.3. The Hall–Kier alpha value is -1.27. The van der Waals surface area contributed by atoms with Crippen molar-refractivity contribution < 1.29 is 0 Å². The summed E-state index contributed by atoms with van der Waals surface area (Å²) < 4.78 is 0. The number of nitrogens with two attached hydrogens (primary N) is 1. The maximum atomic E-state index is 5.60. The van der Waals surface area contributed by atoms with Crippen molar-refractivity contribution in [2.45, 2.75) is 19.6 Å². The Morgan fingerprint density at radius 3 is 2.62 bits per heavy atom. The van der Waals surface area contributed by atoms with Gasteiger partial charge in [0.05, 0.1) is 0 Å². The van der Waals surface area contributed by atoms with E-state index in [0.29, 0.717) is 0 Å². The van der Waals surface area contributed by atoms with Crippen LogP contribution in [0.5, 0.6) is 0 Å². The molecule has 0 atom stereocenters. The monoisotopic (exact) mass is 190 g/mol. The molecule has 3 heteroatoms. The Morgan fingerprint density at radius 2 is 2.08 bits per heavy atom. The van der Waals surface area contributed by atoms with Gasteiger partial charge in [-0.15, -0.1) is 5.54 Å². The van der Waals surface area contributed by atoms with Crippen LogP contribution in [0.1, 0.15) is 5.69 Å². The lowest BCUT2D eigenvalue weighted by Crippen LogP contribution is -2.16. The quantitative estimate of drug-likeness (QED) is 0.501. The molecule has 0 aliphatic carbocycles. The highest BCUT2D eigenvalue weighted by Crippen LogP contribution is 2.02.